The van der Waals surface area contributed by atoms with Crippen molar-refractivity contribution >= 4 is 5.97 Å². The van der Waals surface area contributed by atoms with E-state index in [1.807, 2.05) is 0 Å². The maximum Gasteiger partial charge on any atom is 0.310 e. The molecular weight excluding hydrogens is 226 g/mol. The van der Waals surface area contributed by atoms with Crippen LogP contribution in [0.3, 0.4) is 0 Å². The van der Waals surface area contributed by atoms with Crippen molar-refractivity contribution in [2.75, 3.05) is 0 Å². The Morgan fingerprint density at radius 1 is 1.06 bits per heavy atom. The van der Waals surface area contributed by atoms with E-state index in [0.29, 0.717) is 5.92 Å². The van der Waals surface area contributed by atoms with Crippen LogP contribution in [0.25, 0.3) is 0 Å². The lowest BCUT2D eigenvalue weighted by Gasteiger charge is -2.29. The van der Waals surface area contributed by atoms with E-state index in [4.69, 9.17) is 10.5 Å². The van der Waals surface area contributed by atoms with Crippen LogP contribution < -0.4 is 5.73 Å². The van der Waals surface area contributed by atoms with Crippen LogP contribution in [0.15, 0.2) is 0 Å². The molecule has 0 saturated heterocycles. The largest absolute Gasteiger partial charge is 0.462 e. The molecule has 2 rings (SSSR count). The number of rotatable bonds is 2. The van der Waals surface area contributed by atoms with Gasteiger partial charge in [-0.1, -0.05) is 32.6 Å². The summed E-state index contributed by atoms with van der Waals surface area (Å²) in [5.41, 5.74) is 6.11. The zero-order chi connectivity index (χ0) is 13.0. The van der Waals surface area contributed by atoms with Gasteiger partial charge < -0.3 is 10.5 Å². The Hall–Kier alpha value is -0.570. The highest BCUT2D eigenvalue weighted by Gasteiger charge is 2.31. The summed E-state index contributed by atoms with van der Waals surface area (Å²) in [5, 5.41) is 0. The minimum atomic E-state index is -0.0512. The van der Waals surface area contributed by atoms with Crippen LogP contribution in [-0.4, -0.2) is 18.1 Å². The zero-order valence-corrected chi connectivity index (χ0v) is 11.6. The van der Waals surface area contributed by atoms with Gasteiger partial charge in [0.25, 0.3) is 0 Å². The number of hydrogen-bond acceptors (Lipinski definition) is 3. The molecule has 3 nitrogen and oxygen atoms in total. The predicted octanol–water partition coefficient (Wildman–Crippen LogP) is 3.02. The van der Waals surface area contributed by atoms with Gasteiger partial charge in [-0.05, 0) is 38.0 Å². The van der Waals surface area contributed by atoms with Crippen molar-refractivity contribution < 1.29 is 9.53 Å². The van der Waals surface area contributed by atoms with Crippen molar-refractivity contribution in [1.29, 1.82) is 0 Å². The highest BCUT2D eigenvalue weighted by atomic mass is 16.5. The minimum absolute atomic E-state index is 0.0148. The highest BCUT2D eigenvalue weighted by molar-refractivity contribution is 5.73. The summed E-state index contributed by atoms with van der Waals surface area (Å²) in [5.74, 6) is 0.618. The van der Waals surface area contributed by atoms with Crippen molar-refractivity contribution in [2.45, 2.75) is 76.9 Å². The van der Waals surface area contributed by atoms with Crippen LogP contribution >= 0.6 is 0 Å². The van der Waals surface area contributed by atoms with Gasteiger partial charge in [-0.3, -0.25) is 4.79 Å². The second kappa shape index (κ2) is 6.55. The first-order valence-corrected chi connectivity index (χ1v) is 7.63. The van der Waals surface area contributed by atoms with Crippen LogP contribution in [-0.2, 0) is 9.53 Å². The quantitative estimate of drug-likeness (QED) is 0.608. The van der Waals surface area contributed by atoms with Gasteiger partial charge in [0.05, 0.1) is 5.92 Å². The van der Waals surface area contributed by atoms with E-state index in [1.54, 1.807) is 0 Å². The molecule has 18 heavy (non-hydrogen) atoms. The van der Waals surface area contributed by atoms with Crippen molar-refractivity contribution in [3.05, 3.63) is 0 Å². The first-order valence-electron chi connectivity index (χ1n) is 7.63. The molecule has 0 aromatic carbocycles. The molecule has 2 aliphatic carbocycles. The van der Waals surface area contributed by atoms with E-state index >= 15 is 0 Å². The van der Waals surface area contributed by atoms with Crippen LogP contribution in [0.5, 0.6) is 0 Å². The smallest absolute Gasteiger partial charge is 0.310 e. The monoisotopic (exact) mass is 253 g/mol. The average Bonchev–Trinajstić information content (AvgIpc) is 2.54. The molecule has 0 radical (unpaired) electrons. The second-order valence-corrected chi connectivity index (χ2v) is 6.24. The summed E-state index contributed by atoms with van der Waals surface area (Å²) >= 11 is 0. The van der Waals surface area contributed by atoms with Gasteiger partial charge in [0.2, 0.25) is 0 Å². The molecular formula is C15H27NO2. The Morgan fingerprint density at radius 2 is 1.83 bits per heavy atom. The van der Waals surface area contributed by atoms with Gasteiger partial charge in [-0.2, -0.15) is 0 Å². The zero-order valence-electron chi connectivity index (χ0n) is 11.6. The predicted molar refractivity (Wildman–Crippen MR) is 72.1 cm³/mol. The highest BCUT2D eigenvalue weighted by Crippen LogP contribution is 2.28. The van der Waals surface area contributed by atoms with Crippen molar-refractivity contribution in [1.82, 2.24) is 0 Å². The Bertz CT molecular complexity index is 280. The summed E-state index contributed by atoms with van der Waals surface area (Å²) in [4.78, 5) is 12.2. The molecule has 0 aromatic heterocycles. The normalized spacial score (nSPS) is 37.9. The second-order valence-electron chi connectivity index (χ2n) is 6.24. The lowest BCUT2D eigenvalue weighted by molar-refractivity contribution is -0.157. The van der Waals surface area contributed by atoms with E-state index in [9.17, 15) is 4.79 Å². The van der Waals surface area contributed by atoms with E-state index in [-0.39, 0.29) is 24.0 Å². The Morgan fingerprint density at radius 3 is 2.61 bits per heavy atom. The van der Waals surface area contributed by atoms with E-state index < -0.39 is 0 Å². The molecule has 0 spiro atoms. The van der Waals surface area contributed by atoms with Crippen LogP contribution in [0.4, 0.5) is 0 Å². The summed E-state index contributed by atoms with van der Waals surface area (Å²) in [6.45, 7) is 2.25. The molecule has 4 unspecified atom stereocenters. The Balaban J connectivity index is 1.85. The fourth-order valence-electron chi connectivity index (χ4n) is 3.37. The number of esters is 1. The molecule has 4 atom stereocenters. The first kappa shape index (κ1) is 13.9. The first-order chi connectivity index (χ1) is 8.66. The molecule has 0 aliphatic heterocycles. The Labute approximate surface area is 110 Å². The third-order valence-electron chi connectivity index (χ3n) is 4.54. The average molecular weight is 253 g/mol. The minimum Gasteiger partial charge on any atom is -0.462 e. The molecule has 104 valence electrons. The molecule has 0 amide bonds. The number of carbonyl (C=O) groups is 1. The SMILES string of the molecule is CC1CCCC(OC(=O)C2CCCCCC2N)C1. The van der Waals surface area contributed by atoms with Gasteiger partial charge in [0, 0.05) is 6.04 Å². The fourth-order valence-corrected chi connectivity index (χ4v) is 3.37. The van der Waals surface area contributed by atoms with Gasteiger partial charge in [-0.25, -0.2) is 0 Å². The third kappa shape index (κ3) is 3.71. The number of ether oxygens (including phenoxy) is 1. The molecule has 2 fully saturated rings. The van der Waals surface area contributed by atoms with Gasteiger partial charge in [0.15, 0.2) is 0 Å². The molecule has 2 saturated carbocycles. The summed E-state index contributed by atoms with van der Waals surface area (Å²) in [6.07, 6.45) is 10.1. The van der Waals surface area contributed by atoms with Gasteiger partial charge in [-0.15, -0.1) is 0 Å². The van der Waals surface area contributed by atoms with E-state index in [1.165, 1.54) is 19.3 Å². The molecule has 2 N–H and O–H groups in total. The standard InChI is InChI=1S/C15H27NO2/c1-11-6-5-7-12(10-11)18-15(17)13-8-3-2-4-9-14(13)16/h11-14H,2-10,16H2,1H3. The summed E-state index contributed by atoms with van der Waals surface area (Å²) < 4.78 is 5.71. The number of carbonyl (C=O) groups excluding carboxylic acids is 1. The Kier molecular flexibility index (Phi) is 5.04. The number of hydrogen-bond donors (Lipinski definition) is 1. The van der Waals surface area contributed by atoms with Crippen LogP contribution in [0, 0.1) is 11.8 Å². The van der Waals surface area contributed by atoms with Gasteiger partial charge >= 0.3 is 5.97 Å². The number of nitrogens with two attached hydrogens (primary N) is 1. The van der Waals surface area contributed by atoms with Crippen molar-refractivity contribution in [3.63, 3.8) is 0 Å². The lowest BCUT2D eigenvalue weighted by Crippen LogP contribution is -2.38. The summed E-state index contributed by atoms with van der Waals surface area (Å²) in [7, 11) is 0. The molecule has 3 heteroatoms. The topological polar surface area (TPSA) is 52.3 Å². The molecule has 0 aromatic rings. The lowest BCUT2D eigenvalue weighted by atomic mass is 9.88. The van der Waals surface area contributed by atoms with Crippen LogP contribution in [0.2, 0.25) is 0 Å². The van der Waals surface area contributed by atoms with Crippen LogP contribution in [0.1, 0.15) is 64.7 Å². The summed E-state index contributed by atoms with van der Waals surface area (Å²) in [6, 6.07) is 0.0148. The molecule has 0 heterocycles. The maximum atomic E-state index is 12.2. The maximum absolute atomic E-state index is 12.2. The van der Waals surface area contributed by atoms with Crippen molar-refractivity contribution in [2.24, 2.45) is 17.6 Å². The molecule has 2 aliphatic rings. The molecule has 0 bridgehead atoms. The van der Waals surface area contributed by atoms with Crippen molar-refractivity contribution in [3.8, 4) is 0 Å². The van der Waals surface area contributed by atoms with E-state index in [2.05, 4.69) is 6.92 Å². The third-order valence-corrected chi connectivity index (χ3v) is 4.54. The van der Waals surface area contributed by atoms with Gasteiger partial charge in [0.1, 0.15) is 6.10 Å². The van der Waals surface area contributed by atoms with E-state index in [0.717, 1.165) is 38.5 Å². The fraction of sp³-hybridized carbons (Fsp3) is 0.933.